The van der Waals surface area contributed by atoms with Crippen molar-refractivity contribution >= 4 is 5.91 Å². The van der Waals surface area contributed by atoms with Crippen LogP contribution in [0.5, 0.6) is 0 Å². The number of rotatable bonds is 5. The Kier molecular flexibility index (Phi) is 4.38. The van der Waals surface area contributed by atoms with Crippen LogP contribution in [0.1, 0.15) is 12.5 Å². The molecule has 0 spiro atoms. The van der Waals surface area contributed by atoms with Gasteiger partial charge in [-0.25, -0.2) is 0 Å². The van der Waals surface area contributed by atoms with Crippen molar-refractivity contribution in [2.24, 2.45) is 13.0 Å². The first-order valence-corrected chi connectivity index (χ1v) is 6.40. The maximum Gasteiger partial charge on any atom is 0.227 e. The van der Waals surface area contributed by atoms with Crippen LogP contribution >= 0.6 is 0 Å². The summed E-state index contributed by atoms with van der Waals surface area (Å²) in [5.74, 6) is -0.00374. The molecular weight excluding hydrogens is 230 g/mol. The number of amides is 1. The molecule has 18 heavy (non-hydrogen) atoms. The van der Waals surface area contributed by atoms with Crippen molar-refractivity contribution in [1.29, 1.82) is 0 Å². The summed E-state index contributed by atoms with van der Waals surface area (Å²) in [6, 6.07) is 2.15. The van der Waals surface area contributed by atoms with E-state index in [9.17, 15) is 4.79 Å². The lowest BCUT2D eigenvalue weighted by Crippen LogP contribution is -2.43. The van der Waals surface area contributed by atoms with Crippen LogP contribution in [0.4, 0.5) is 0 Å². The van der Waals surface area contributed by atoms with Gasteiger partial charge in [-0.3, -0.25) is 4.79 Å². The Hall–Kier alpha value is -1.33. The molecule has 2 heterocycles. The summed E-state index contributed by atoms with van der Waals surface area (Å²) in [5.41, 5.74) is 1.12. The second-order valence-electron chi connectivity index (χ2n) is 4.71. The molecule has 2 N–H and O–H groups in total. The molecule has 2 atom stereocenters. The van der Waals surface area contributed by atoms with Crippen molar-refractivity contribution in [1.82, 2.24) is 15.2 Å². The fourth-order valence-corrected chi connectivity index (χ4v) is 2.26. The number of nitrogens with one attached hydrogen (secondary N) is 2. The Balaban J connectivity index is 1.83. The highest BCUT2D eigenvalue weighted by molar-refractivity contribution is 5.79. The number of aryl methyl sites for hydroxylation is 1. The molecule has 0 bridgehead atoms. The minimum absolute atomic E-state index is 0.0716. The molecule has 0 saturated carbocycles. The average molecular weight is 251 g/mol. The van der Waals surface area contributed by atoms with E-state index in [0.29, 0.717) is 19.8 Å². The Morgan fingerprint density at radius 2 is 2.39 bits per heavy atom. The van der Waals surface area contributed by atoms with Crippen LogP contribution in [0.15, 0.2) is 18.5 Å². The molecule has 0 aliphatic carbocycles. The normalized spacial score (nSPS) is 23.2. The maximum absolute atomic E-state index is 12.1. The monoisotopic (exact) mass is 251 g/mol. The van der Waals surface area contributed by atoms with Gasteiger partial charge in [0.05, 0.1) is 19.1 Å². The van der Waals surface area contributed by atoms with E-state index in [1.54, 1.807) is 0 Å². The summed E-state index contributed by atoms with van der Waals surface area (Å²) in [6.45, 7) is 4.61. The second kappa shape index (κ2) is 6.02. The van der Waals surface area contributed by atoms with Crippen molar-refractivity contribution in [3.05, 3.63) is 24.0 Å². The fraction of sp³-hybridized carbons (Fsp3) is 0.615. The highest BCUT2D eigenvalue weighted by Gasteiger charge is 2.33. The molecule has 2 rings (SSSR count). The van der Waals surface area contributed by atoms with E-state index in [-0.39, 0.29) is 17.9 Å². The van der Waals surface area contributed by atoms with E-state index in [4.69, 9.17) is 4.74 Å². The molecule has 5 nitrogen and oxygen atoms in total. The summed E-state index contributed by atoms with van der Waals surface area (Å²) >= 11 is 0. The van der Waals surface area contributed by atoms with Crippen molar-refractivity contribution in [2.75, 3.05) is 19.8 Å². The average Bonchev–Trinajstić information content (AvgIpc) is 2.96. The molecule has 2 unspecified atom stereocenters. The molecule has 1 aliphatic rings. The number of nitrogens with zero attached hydrogens (tertiary/aromatic N) is 1. The van der Waals surface area contributed by atoms with Gasteiger partial charge >= 0.3 is 0 Å². The summed E-state index contributed by atoms with van der Waals surface area (Å²) in [6.07, 6.45) is 3.98. The van der Waals surface area contributed by atoms with Gasteiger partial charge in [-0.2, -0.15) is 0 Å². The fourth-order valence-electron chi connectivity index (χ4n) is 2.26. The van der Waals surface area contributed by atoms with Crippen molar-refractivity contribution in [2.45, 2.75) is 19.5 Å². The molecule has 1 amide bonds. The zero-order valence-corrected chi connectivity index (χ0v) is 11.0. The van der Waals surface area contributed by atoms with Gasteiger partial charge in [-0.05, 0) is 18.2 Å². The van der Waals surface area contributed by atoms with E-state index < -0.39 is 0 Å². The molecule has 0 aromatic carbocycles. The Morgan fingerprint density at radius 1 is 1.56 bits per heavy atom. The minimum atomic E-state index is -0.0753. The van der Waals surface area contributed by atoms with Gasteiger partial charge in [-0.15, -0.1) is 0 Å². The number of hydrogen-bond donors (Lipinski definition) is 2. The molecule has 1 saturated heterocycles. The van der Waals surface area contributed by atoms with E-state index in [1.807, 2.05) is 37.0 Å². The molecule has 1 aliphatic heterocycles. The Morgan fingerprint density at radius 3 is 3.06 bits per heavy atom. The van der Waals surface area contributed by atoms with E-state index in [1.165, 1.54) is 0 Å². The zero-order chi connectivity index (χ0) is 13.0. The lowest BCUT2D eigenvalue weighted by Gasteiger charge is -2.17. The number of likely N-dealkylation sites (N-methyl/N-ethyl adjacent to an activating group) is 1. The third-order valence-corrected chi connectivity index (χ3v) is 3.24. The first-order valence-electron chi connectivity index (χ1n) is 6.40. The summed E-state index contributed by atoms with van der Waals surface area (Å²) in [5, 5.41) is 6.26. The van der Waals surface area contributed by atoms with Gasteiger partial charge in [0.15, 0.2) is 0 Å². The van der Waals surface area contributed by atoms with Gasteiger partial charge in [-0.1, -0.05) is 6.92 Å². The number of aromatic nitrogens is 1. The molecule has 1 fully saturated rings. The topological polar surface area (TPSA) is 55.3 Å². The van der Waals surface area contributed by atoms with Gasteiger partial charge in [0.25, 0.3) is 0 Å². The van der Waals surface area contributed by atoms with Crippen LogP contribution in [0.3, 0.4) is 0 Å². The maximum atomic E-state index is 12.1. The van der Waals surface area contributed by atoms with E-state index in [0.717, 1.165) is 12.1 Å². The highest BCUT2D eigenvalue weighted by Crippen LogP contribution is 2.14. The lowest BCUT2D eigenvalue weighted by molar-refractivity contribution is -0.125. The van der Waals surface area contributed by atoms with Crippen LogP contribution < -0.4 is 10.6 Å². The lowest BCUT2D eigenvalue weighted by atomic mass is 10.0. The summed E-state index contributed by atoms with van der Waals surface area (Å²) < 4.78 is 7.35. The third-order valence-electron chi connectivity index (χ3n) is 3.24. The first kappa shape index (κ1) is 13.1. The quantitative estimate of drug-likeness (QED) is 0.789. The third kappa shape index (κ3) is 3.11. The number of hydrogen-bond acceptors (Lipinski definition) is 3. The SMILES string of the molecule is CCNC1COCC1C(=O)NCc1ccn(C)c1. The van der Waals surface area contributed by atoms with Crippen LogP contribution in [-0.2, 0) is 23.1 Å². The minimum Gasteiger partial charge on any atom is -0.379 e. The predicted octanol–water partition coefficient (Wildman–Crippen LogP) is 0.266. The van der Waals surface area contributed by atoms with E-state index >= 15 is 0 Å². The van der Waals surface area contributed by atoms with Crippen LogP contribution in [-0.4, -0.2) is 36.3 Å². The standard InChI is InChI=1S/C13H21N3O2/c1-3-14-12-9-18-8-11(12)13(17)15-6-10-4-5-16(2)7-10/h4-5,7,11-12,14H,3,6,8-9H2,1-2H3,(H,15,17). The molecule has 100 valence electrons. The number of carbonyl (C=O) groups excluding carboxylic acids is 1. The van der Waals surface area contributed by atoms with Crippen LogP contribution in [0.25, 0.3) is 0 Å². The van der Waals surface area contributed by atoms with Crippen molar-refractivity contribution < 1.29 is 9.53 Å². The number of carbonyl (C=O) groups is 1. The Labute approximate surface area is 108 Å². The smallest absolute Gasteiger partial charge is 0.227 e. The van der Waals surface area contributed by atoms with Gasteiger partial charge in [0.2, 0.25) is 5.91 Å². The largest absolute Gasteiger partial charge is 0.379 e. The molecule has 1 aromatic heterocycles. The Bertz CT molecular complexity index is 403. The van der Waals surface area contributed by atoms with Crippen LogP contribution in [0.2, 0.25) is 0 Å². The predicted molar refractivity (Wildman–Crippen MR) is 69.0 cm³/mol. The molecule has 5 heteroatoms. The molecule has 1 aromatic rings. The summed E-state index contributed by atoms with van der Waals surface area (Å²) in [4.78, 5) is 12.1. The van der Waals surface area contributed by atoms with Gasteiger partial charge in [0, 0.05) is 32.0 Å². The van der Waals surface area contributed by atoms with E-state index in [2.05, 4.69) is 10.6 Å². The molecule has 0 radical (unpaired) electrons. The second-order valence-corrected chi connectivity index (χ2v) is 4.71. The highest BCUT2D eigenvalue weighted by atomic mass is 16.5. The zero-order valence-electron chi connectivity index (χ0n) is 11.0. The number of ether oxygens (including phenoxy) is 1. The van der Waals surface area contributed by atoms with Gasteiger partial charge in [0.1, 0.15) is 0 Å². The van der Waals surface area contributed by atoms with Crippen molar-refractivity contribution in [3.63, 3.8) is 0 Å². The van der Waals surface area contributed by atoms with Crippen molar-refractivity contribution in [3.8, 4) is 0 Å². The van der Waals surface area contributed by atoms with Crippen LogP contribution in [0, 0.1) is 5.92 Å². The molecular formula is C13H21N3O2. The summed E-state index contributed by atoms with van der Waals surface area (Å²) in [7, 11) is 1.97. The van der Waals surface area contributed by atoms with Gasteiger partial charge < -0.3 is 19.9 Å². The first-order chi connectivity index (χ1) is 8.70.